The third-order valence-corrected chi connectivity index (χ3v) is 5.23. The van der Waals surface area contributed by atoms with Gasteiger partial charge in [0.15, 0.2) is 0 Å². The quantitative estimate of drug-likeness (QED) is 0.780. The van der Waals surface area contributed by atoms with Crippen LogP contribution in [0.25, 0.3) is 0 Å². The summed E-state index contributed by atoms with van der Waals surface area (Å²) in [6.07, 6.45) is -0.918. The van der Waals surface area contributed by atoms with E-state index in [4.69, 9.17) is 13.0 Å². The van der Waals surface area contributed by atoms with Crippen LogP contribution < -0.4 is 4.74 Å². The monoisotopic (exact) mass is 277 g/mol. The largest absolute Gasteiger partial charge is 0.497 e. The number of hydrogen-bond acceptors (Lipinski definition) is 2. The van der Waals surface area contributed by atoms with Gasteiger partial charge < -0.3 is 9.64 Å². The van der Waals surface area contributed by atoms with Crippen molar-refractivity contribution in [2.75, 3.05) is 20.7 Å². The Bertz CT molecular complexity index is 751. The highest BCUT2D eigenvalue weighted by Gasteiger charge is 2.53. The SMILES string of the molecule is [2H]C1([2H])c2ccc(OC)cc2[C@]23CCCCC2[C@H]1N(C)C([2H])([2H])C3([2H])[2H]. The molecule has 108 valence electrons. The number of nitrogens with zero attached hydrogens (tertiary/aromatic N) is 1. The van der Waals surface area contributed by atoms with Crippen LogP contribution in [0.15, 0.2) is 18.2 Å². The molecule has 1 unspecified atom stereocenters. The van der Waals surface area contributed by atoms with E-state index >= 15 is 0 Å². The lowest BCUT2D eigenvalue weighted by Gasteiger charge is -2.58. The summed E-state index contributed by atoms with van der Waals surface area (Å²) in [5.41, 5.74) is 0.0407. The van der Waals surface area contributed by atoms with Crippen molar-refractivity contribution < 1.29 is 13.0 Å². The van der Waals surface area contributed by atoms with Crippen LogP contribution in [0.1, 0.15) is 51.4 Å². The molecule has 2 heteroatoms. The van der Waals surface area contributed by atoms with Crippen LogP contribution in [0.3, 0.4) is 0 Å². The lowest BCUT2D eigenvalue weighted by molar-refractivity contribution is 0.00274. The minimum absolute atomic E-state index is 0.269. The first kappa shape index (κ1) is 7.84. The summed E-state index contributed by atoms with van der Waals surface area (Å²) in [6.45, 7) is -2.26. The molecule has 0 spiro atoms. The summed E-state index contributed by atoms with van der Waals surface area (Å²) in [5, 5.41) is 0. The Hall–Kier alpha value is -1.02. The van der Waals surface area contributed by atoms with Crippen molar-refractivity contribution in [3.05, 3.63) is 29.3 Å². The molecule has 2 nitrogen and oxygen atoms in total. The lowest BCUT2D eigenvalue weighted by Crippen LogP contribution is -2.59. The smallest absolute Gasteiger partial charge is 0.119 e. The summed E-state index contributed by atoms with van der Waals surface area (Å²) in [6, 6.07) is 4.48. The second-order valence-corrected chi connectivity index (χ2v) is 6.17. The third-order valence-electron chi connectivity index (χ3n) is 5.23. The van der Waals surface area contributed by atoms with Crippen LogP contribution in [-0.2, 0) is 11.8 Å². The maximum Gasteiger partial charge on any atom is 0.119 e. The molecule has 0 amide bonds. The minimum Gasteiger partial charge on any atom is -0.497 e. The Labute approximate surface area is 130 Å². The zero-order valence-corrected chi connectivity index (χ0v) is 12.1. The van der Waals surface area contributed by atoms with Crippen molar-refractivity contribution in [2.24, 2.45) is 5.92 Å². The average molecular weight is 277 g/mol. The van der Waals surface area contributed by atoms with Gasteiger partial charge in [-0.1, -0.05) is 18.9 Å². The molecule has 1 heterocycles. The van der Waals surface area contributed by atoms with Crippen LogP contribution >= 0.6 is 0 Å². The van der Waals surface area contributed by atoms with Gasteiger partial charge in [0.1, 0.15) is 5.75 Å². The number of benzene rings is 1. The summed E-state index contributed by atoms with van der Waals surface area (Å²) < 4.78 is 58.1. The Kier molecular flexibility index (Phi) is 1.76. The summed E-state index contributed by atoms with van der Waals surface area (Å²) in [5.74, 6) is 0.293. The van der Waals surface area contributed by atoms with E-state index in [0.717, 1.165) is 12.8 Å². The van der Waals surface area contributed by atoms with Gasteiger partial charge in [-0.05, 0) is 68.3 Å². The molecule has 3 atom stereocenters. The molecule has 1 aromatic carbocycles. The molecule has 3 aliphatic rings. The van der Waals surface area contributed by atoms with E-state index in [1.54, 1.807) is 25.3 Å². The van der Waals surface area contributed by atoms with E-state index in [0.29, 0.717) is 29.7 Å². The van der Waals surface area contributed by atoms with Gasteiger partial charge in [0, 0.05) is 19.7 Å². The molecule has 4 rings (SSSR count). The van der Waals surface area contributed by atoms with Gasteiger partial charge in [0.25, 0.3) is 0 Å². The van der Waals surface area contributed by atoms with Crippen LogP contribution in [0, 0.1) is 5.92 Å². The van der Waals surface area contributed by atoms with Gasteiger partial charge in [0.05, 0.1) is 7.11 Å². The zero-order chi connectivity index (χ0) is 19.1. The maximum atomic E-state index is 8.93. The third kappa shape index (κ3) is 1.60. The van der Waals surface area contributed by atoms with Gasteiger partial charge >= 0.3 is 0 Å². The molecule has 2 fully saturated rings. The predicted molar refractivity (Wildman–Crippen MR) is 81.4 cm³/mol. The van der Waals surface area contributed by atoms with E-state index < -0.39 is 30.7 Å². The Balaban J connectivity index is 2.11. The van der Waals surface area contributed by atoms with Gasteiger partial charge in [-0.2, -0.15) is 0 Å². The van der Waals surface area contributed by atoms with E-state index in [9.17, 15) is 0 Å². The van der Waals surface area contributed by atoms with Crippen LogP contribution in [0.4, 0.5) is 0 Å². The molecule has 2 aliphatic carbocycles. The number of rotatable bonds is 1. The normalized spacial score (nSPS) is 48.1. The first-order valence-corrected chi connectivity index (χ1v) is 7.45. The zero-order valence-electron chi connectivity index (χ0n) is 18.1. The van der Waals surface area contributed by atoms with E-state index in [2.05, 4.69) is 0 Å². The minimum atomic E-state index is -2.26. The fourth-order valence-corrected chi connectivity index (χ4v) is 4.21. The van der Waals surface area contributed by atoms with Gasteiger partial charge in [-0.3, -0.25) is 0 Å². The molecule has 2 bridgehead atoms. The average Bonchev–Trinajstić information content (AvgIpc) is 2.59. The van der Waals surface area contributed by atoms with Crippen molar-refractivity contribution in [2.45, 2.75) is 49.9 Å². The van der Waals surface area contributed by atoms with Crippen molar-refractivity contribution in [3.8, 4) is 5.75 Å². The molecular formula is C18H25NO. The first-order valence-electron chi connectivity index (χ1n) is 10.5. The molecule has 0 aromatic heterocycles. The predicted octanol–water partition coefficient (Wildman–Crippen LogP) is 3.38. The van der Waals surface area contributed by atoms with Crippen LogP contribution in [-0.4, -0.2) is 31.6 Å². The molecule has 0 N–H and O–H groups in total. The summed E-state index contributed by atoms with van der Waals surface area (Å²) >= 11 is 0. The van der Waals surface area contributed by atoms with Crippen molar-refractivity contribution in [1.29, 1.82) is 0 Å². The summed E-state index contributed by atoms with van der Waals surface area (Å²) in [4.78, 5) is 1.33. The number of hydrogen-bond donors (Lipinski definition) is 0. The lowest BCUT2D eigenvalue weighted by atomic mass is 9.52. The number of ether oxygens (including phenoxy) is 1. The van der Waals surface area contributed by atoms with Crippen molar-refractivity contribution >= 4 is 0 Å². The molecule has 1 aromatic rings. The molecule has 1 saturated heterocycles. The molecule has 20 heavy (non-hydrogen) atoms. The van der Waals surface area contributed by atoms with E-state index in [-0.39, 0.29) is 5.92 Å². The second-order valence-electron chi connectivity index (χ2n) is 6.17. The number of likely N-dealkylation sites (tertiary alicyclic amines) is 1. The van der Waals surface area contributed by atoms with E-state index in [1.807, 2.05) is 0 Å². The molecular weight excluding hydrogens is 246 g/mol. The fraction of sp³-hybridized carbons (Fsp3) is 0.667. The highest BCUT2D eigenvalue weighted by atomic mass is 16.5. The van der Waals surface area contributed by atoms with E-state index in [1.165, 1.54) is 11.9 Å². The Morgan fingerprint density at radius 3 is 3.15 bits per heavy atom. The highest BCUT2D eigenvalue weighted by Crippen LogP contribution is 2.55. The van der Waals surface area contributed by atoms with Crippen molar-refractivity contribution in [1.82, 2.24) is 4.90 Å². The number of piperidine rings is 1. The Morgan fingerprint density at radius 1 is 1.40 bits per heavy atom. The van der Waals surface area contributed by atoms with Gasteiger partial charge in [-0.25, -0.2) is 0 Å². The molecule has 1 saturated carbocycles. The van der Waals surface area contributed by atoms with Crippen molar-refractivity contribution in [3.63, 3.8) is 0 Å². The standard InChI is InChI=1S/C18H25NO/c1-19-10-9-18-8-4-3-5-15(18)17(19)11-13-6-7-14(20-2)12-16(13)18/h6-7,12,15,17H,3-5,8-11H2,1-2H3/t15?,17-,18-/m0/s1/i9D2,10D2,11D2. The molecule has 0 radical (unpaired) electrons. The topological polar surface area (TPSA) is 12.5 Å². The first-order chi connectivity index (χ1) is 12.0. The highest BCUT2D eigenvalue weighted by molar-refractivity contribution is 5.45. The maximum absolute atomic E-state index is 8.93. The number of fused-ring (bicyclic) bond motifs is 1. The van der Waals surface area contributed by atoms with Gasteiger partial charge in [0.2, 0.25) is 0 Å². The Morgan fingerprint density at radius 2 is 2.30 bits per heavy atom. The van der Waals surface area contributed by atoms with Gasteiger partial charge in [-0.15, -0.1) is 0 Å². The number of methoxy groups -OCH3 is 1. The second kappa shape index (κ2) is 4.49. The fourth-order valence-electron chi connectivity index (χ4n) is 4.21. The van der Waals surface area contributed by atoms with Crippen LogP contribution in [0.2, 0.25) is 0 Å². The van der Waals surface area contributed by atoms with Crippen LogP contribution in [0.5, 0.6) is 5.75 Å². The number of likely N-dealkylation sites (N-methyl/N-ethyl adjacent to an activating group) is 1. The summed E-state index contributed by atoms with van der Waals surface area (Å²) in [7, 11) is 3.08. The molecule has 1 aliphatic heterocycles.